The van der Waals surface area contributed by atoms with E-state index < -0.39 is 23.9 Å². The highest BCUT2D eigenvalue weighted by molar-refractivity contribution is 7.10. The van der Waals surface area contributed by atoms with Crippen LogP contribution in [0.1, 0.15) is 23.4 Å². The maximum atomic E-state index is 11.8. The fraction of sp³-hybridized carbons (Fsp3) is 0.462. The molecule has 1 unspecified atom stereocenters. The van der Waals surface area contributed by atoms with Crippen LogP contribution in [0.5, 0.6) is 0 Å². The highest BCUT2D eigenvalue weighted by atomic mass is 32.1. The topological polar surface area (TPSA) is 98.7 Å². The monoisotopic (exact) mass is 311 g/mol. The highest BCUT2D eigenvalue weighted by Gasteiger charge is 2.34. The van der Waals surface area contributed by atoms with E-state index in [0.29, 0.717) is 19.5 Å². The molecule has 1 aliphatic heterocycles. The number of thiophene rings is 1. The van der Waals surface area contributed by atoms with Gasteiger partial charge in [0, 0.05) is 18.0 Å². The number of carbonyl (C=O) groups is 3. The number of nitrogens with one attached hydrogen (secondary N) is 2. The van der Waals surface area contributed by atoms with Crippen molar-refractivity contribution < 1.29 is 19.5 Å². The second-order valence-corrected chi connectivity index (χ2v) is 5.67. The van der Waals surface area contributed by atoms with Gasteiger partial charge in [-0.05, 0) is 30.4 Å². The lowest BCUT2D eigenvalue weighted by Gasteiger charge is -2.32. The Kier molecular flexibility index (Phi) is 4.92. The molecule has 8 heteroatoms. The van der Waals surface area contributed by atoms with Gasteiger partial charge < -0.3 is 10.4 Å². The summed E-state index contributed by atoms with van der Waals surface area (Å²) in [5.41, 5.74) is 0.740. The Morgan fingerprint density at radius 1 is 1.48 bits per heavy atom. The average molecular weight is 311 g/mol. The van der Waals surface area contributed by atoms with Gasteiger partial charge in [0.2, 0.25) is 5.91 Å². The number of fused-ring (bicyclic) bond motifs is 1. The molecule has 0 radical (unpaired) electrons. The Morgan fingerprint density at radius 3 is 2.90 bits per heavy atom. The molecule has 114 valence electrons. The number of aliphatic carboxylic acids is 1. The molecule has 3 N–H and O–H groups in total. The predicted molar refractivity (Wildman–Crippen MR) is 77.2 cm³/mol. The van der Waals surface area contributed by atoms with E-state index >= 15 is 0 Å². The molecular formula is C13H17N3O4S. The van der Waals surface area contributed by atoms with Crippen molar-refractivity contribution in [3.05, 3.63) is 21.9 Å². The summed E-state index contributed by atoms with van der Waals surface area (Å²) >= 11 is 1.53. The van der Waals surface area contributed by atoms with Gasteiger partial charge in [0.1, 0.15) is 6.04 Å². The van der Waals surface area contributed by atoms with Gasteiger partial charge in [0.05, 0.1) is 6.54 Å². The third kappa shape index (κ3) is 3.59. The first-order valence-corrected chi connectivity index (χ1v) is 7.51. The predicted octanol–water partition coefficient (Wildman–Crippen LogP) is 0.578. The van der Waals surface area contributed by atoms with Crippen LogP contribution >= 0.6 is 11.3 Å². The molecule has 0 fully saturated rings. The zero-order valence-corrected chi connectivity index (χ0v) is 12.4. The Labute approximate surface area is 125 Å². The number of hydrogen-bond acceptors (Lipinski definition) is 5. The molecule has 7 nitrogen and oxygen atoms in total. The summed E-state index contributed by atoms with van der Waals surface area (Å²) < 4.78 is 0. The summed E-state index contributed by atoms with van der Waals surface area (Å²) in [6, 6.07) is 0.384. The van der Waals surface area contributed by atoms with Crippen LogP contribution in [0, 0.1) is 0 Å². The summed E-state index contributed by atoms with van der Waals surface area (Å²) in [5, 5.41) is 15.9. The molecule has 1 aromatic heterocycles. The number of rotatable bonds is 4. The van der Waals surface area contributed by atoms with Gasteiger partial charge in [-0.1, -0.05) is 0 Å². The highest BCUT2D eigenvalue weighted by Crippen LogP contribution is 2.33. The number of urea groups is 1. The fourth-order valence-electron chi connectivity index (χ4n) is 2.38. The summed E-state index contributed by atoms with van der Waals surface area (Å²) in [6.45, 7) is 2.52. The van der Waals surface area contributed by atoms with E-state index in [0.717, 1.165) is 10.4 Å². The van der Waals surface area contributed by atoms with E-state index in [2.05, 4.69) is 10.6 Å². The minimum atomic E-state index is -0.986. The zero-order valence-electron chi connectivity index (χ0n) is 11.6. The van der Waals surface area contributed by atoms with Crippen molar-refractivity contribution in [1.82, 2.24) is 15.5 Å². The molecule has 1 aromatic rings. The van der Waals surface area contributed by atoms with E-state index in [1.165, 1.54) is 11.3 Å². The van der Waals surface area contributed by atoms with Crippen LogP contribution in [0.15, 0.2) is 11.4 Å². The van der Waals surface area contributed by atoms with Crippen LogP contribution in [-0.2, 0) is 16.0 Å². The molecular weight excluding hydrogens is 294 g/mol. The Morgan fingerprint density at radius 2 is 2.24 bits per heavy atom. The molecule has 2 heterocycles. The van der Waals surface area contributed by atoms with Crippen molar-refractivity contribution in [2.45, 2.75) is 19.4 Å². The fourth-order valence-corrected chi connectivity index (χ4v) is 3.29. The van der Waals surface area contributed by atoms with Gasteiger partial charge in [-0.3, -0.25) is 19.8 Å². The molecule has 3 amide bonds. The second kappa shape index (κ2) is 6.68. The van der Waals surface area contributed by atoms with Crippen LogP contribution in [0.3, 0.4) is 0 Å². The van der Waals surface area contributed by atoms with E-state index in [-0.39, 0.29) is 6.54 Å². The first kappa shape index (κ1) is 15.5. The summed E-state index contributed by atoms with van der Waals surface area (Å²) in [4.78, 5) is 37.2. The van der Waals surface area contributed by atoms with E-state index in [9.17, 15) is 19.5 Å². The first-order chi connectivity index (χ1) is 10.0. The van der Waals surface area contributed by atoms with Crippen molar-refractivity contribution in [3.8, 4) is 0 Å². The average Bonchev–Trinajstić information content (AvgIpc) is 2.85. The first-order valence-electron chi connectivity index (χ1n) is 6.63. The lowest BCUT2D eigenvalue weighted by atomic mass is 10.00. The number of amides is 3. The van der Waals surface area contributed by atoms with Crippen molar-refractivity contribution >= 4 is 29.2 Å². The standard InChI is InChI=1S/C13H17N3O4S/c1-2-14-13(20)15-10(17)7-16-5-3-9-8(4-6-21-9)11(16)12(18)19/h4,6,11H,2-3,5,7H2,1H3,(H,18,19)(H2,14,15,17,20). The van der Waals surface area contributed by atoms with Crippen LogP contribution in [0.25, 0.3) is 0 Å². The minimum absolute atomic E-state index is 0.122. The van der Waals surface area contributed by atoms with E-state index in [1.807, 2.05) is 5.38 Å². The molecule has 0 aliphatic carbocycles. The number of carbonyl (C=O) groups excluding carboxylic acids is 2. The quantitative estimate of drug-likeness (QED) is 0.755. The van der Waals surface area contributed by atoms with Crippen molar-refractivity contribution in [2.24, 2.45) is 0 Å². The normalized spacial score (nSPS) is 17.9. The summed E-state index contributed by atoms with van der Waals surface area (Å²) in [7, 11) is 0. The van der Waals surface area contributed by atoms with Crippen LogP contribution < -0.4 is 10.6 Å². The number of nitrogens with zero attached hydrogens (tertiary/aromatic N) is 1. The summed E-state index contributed by atoms with van der Waals surface area (Å²) in [5.74, 6) is -1.49. The lowest BCUT2D eigenvalue weighted by Crippen LogP contribution is -2.48. The van der Waals surface area contributed by atoms with Gasteiger partial charge in [-0.2, -0.15) is 0 Å². The minimum Gasteiger partial charge on any atom is -0.480 e. The Bertz CT molecular complexity index is 557. The third-order valence-corrected chi connectivity index (χ3v) is 4.23. The van der Waals surface area contributed by atoms with Crippen LogP contribution in [-0.4, -0.2) is 47.5 Å². The van der Waals surface area contributed by atoms with Gasteiger partial charge in [0.25, 0.3) is 0 Å². The van der Waals surface area contributed by atoms with E-state index in [1.54, 1.807) is 17.9 Å². The number of imide groups is 1. The maximum absolute atomic E-state index is 11.8. The molecule has 0 bridgehead atoms. The Balaban J connectivity index is 2.04. The molecule has 0 saturated carbocycles. The molecule has 0 saturated heterocycles. The largest absolute Gasteiger partial charge is 0.480 e. The van der Waals surface area contributed by atoms with Crippen molar-refractivity contribution in [2.75, 3.05) is 19.6 Å². The summed E-state index contributed by atoms with van der Waals surface area (Å²) in [6.07, 6.45) is 0.714. The van der Waals surface area contributed by atoms with Gasteiger partial charge in [-0.25, -0.2) is 4.79 Å². The van der Waals surface area contributed by atoms with Crippen LogP contribution in [0.2, 0.25) is 0 Å². The number of carboxylic acid groups (broad SMARTS) is 1. The second-order valence-electron chi connectivity index (χ2n) is 4.67. The molecule has 21 heavy (non-hydrogen) atoms. The number of carboxylic acids is 1. The molecule has 2 rings (SSSR count). The Hall–Kier alpha value is -1.93. The van der Waals surface area contributed by atoms with E-state index in [4.69, 9.17) is 0 Å². The molecule has 1 atom stereocenters. The zero-order chi connectivity index (χ0) is 15.4. The van der Waals surface area contributed by atoms with Gasteiger partial charge in [0.15, 0.2) is 0 Å². The molecule has 0 aromatic carbocycles. The SMILES string of the molecule is CCNC(=O)NC(=O)CN1CCc2sccc2C1C(=O)O. The van der Waals surface area contributed by atoms with Gasteiger partial charge >= 0.3 is 12.0 Å². The lowest BCUT2D eigenvalue weighted by molar-refractivity contribution is -0.144. The number of hydrogen-bond donors (Lipinski definition) is 3. The van der Waals surface area contributed by atoms with Crippen molar-refractivity contribution in [3.63, 3.8) is 0 Å². The molecule has 0 spiro atoms. The van der Waals surface area contributed by atoms with Crippen molar-refractivity contribution in [1.29, 1.82) is 0 Å². The van der Waals surface area contributed by atoms with Gasteiger partial charge in [-0.15, -0.1) is 11.3 Å². The maximum Gasteiger partial charge on any atom is 0.325 e. The third-order valence-electron chi connectivity index (χ3n) is 3.24. The molecule has 1 aliphatic rings. The smallest absolute Gasteiger partial charge is 0.325 e. The van der Waals surface area contributed by atoms with Crippen LogP contribution in [0.4, 0.5) is 4.79 Å².